The molecular formula is C24H38O4. The van der Waals surface area contributed by atoms with E-state index in [1.807, 2.05) is 0 Å². The molecule has 2 saturated heterocycles. The van der Waals surface area contributed by atoms with Gasteiger partial charge in [0.1, 0.15) is 0 Å². The maximum absolute atomic E-state index is 9.99. The molecule has 0 aromatic rings. The maximum Gasteiger partial charge on any atom is 0.172 e. The van der Waals surface area contributed by atoms with E-state index in [2.05, 4.69) is 19.9 Å². The van der Waals surface area contributed by atoms with Crippen LogP contribution in [-0.4, -0.2) is 36.0 Å². The summed E-state index contributed by atoms with van der Waals surface area (Å²) in [5.74, 6) is 1.92. The molecule has 4 heteroatoms. The van der Waals surface area contributed by atoms with E-state index in [1.54, 1.807) is 5.57 Å². The van der Waals surface area contributed by atoms with Gasteiger partial charge in [0.05, 0.1) is 18.8 Å². The van der Waals surface area contributed by atoms with E-state index in [0.717, 1.165) is 63.6 Å². The van der Waals surface area contributed by atoms with Gasteiger partial charge in [0.25, 0.3) is 0 Å². The average Bonchev–Trinajstić information content (AvgIpc) is 3.29. The molecule has 28 heavy (non-hydrogen) atoms. The summed E-state index contributed by atoms with van der Waals surface area (Å²) in [4.78, 5) is 0. The Balaban J connectivity index is 1.38. The van der Waals surface area contributed by atoms with Gasteiger partial charge in [0, 0.05) is 19.3 Å². The first-order valence-electron chi connectivity index (χ1n) is 11.8. The third-order valence-electron chi connectivity index (χ3n) is 9.17. The number of aliphatic hydroxyl groups is 1. The molecule has 0 amide bonds. The summed E-state index contributed by atoms with van der Waals surface area (Å²) in [5.41, 5.74) is 1.85. The van der Waals surface area contributed by atoms with Crippen LogP contribution in [0.3, 0.4) is 0 Å². The lowest BCUT2D eigenvalue weighted by Crippen LogP contribution is -2.48. The largest absolute Gasteiger partial charge is 0.368 e. The highest BCUT2D eigenvalue weighted by Gasteiger charge is 2.54. The Bertz CT molecular complexity index is 624. The fourth-order valence-corrected chi connectivity index (χ4v) is 7.37. The molecular weight excluding hydrogens is 352 g/mol. The van der Waals surface area contributed by atoms with E-state index in [0.29, 0.717) is 11.3 Å². The van der Waals surface area contributed by atoms with Crippen LogP contribution in [0.4, 0.5) is 0 Å². The summed E-state index contributed by atoms with van der Waals surface area (Å²) in [6, 6.07) is 0. The lowest BCUT2D eigenvalue weighted by molar-refractivity contribution is -0.182. The Hall–Kier alpha value is -0.420. The van der Waals surface area contributed by atoms with Gasteiger partial charge in [0.15, 0.2) is 12.1 Å². The molecule has 4 unspecified atom stereocenters. The normalized spacial score (nSPS) is 48.5. The number of aliphatic hydroxyl groups excluding tert-OH is 1. The summed E-state index contributed by atoms with van der Waals surface area (Å²) >= 11 is 0. The quantitative estimate of drug-likeness (QED) is 0.595. The van der Waals surface area contributed by atoms with Gasteiger partial charge in [-0.15, -0.1) is 0 Å². The molecule has 2 aliphatic heterocycles. The van der Waals surface area contributed by atoms with Crippen molar-refractivity contribution < 1.29 is 19.3 Å². The number of rotatable bonds is 0. The van der Waals surface area contributed by atoms with Crippen LogP contribution >= 0.6 is 0 Å². The molecule has 158 valence electrons. The van der Waals surface area contributed by atoms with Crippen LogP contribution in [0, 0.1) is 23.2 Å². The van der Waals surface area contributed by atoms with Gasteiger partial charge in [-0.3, -0.25) is 0 Å². The minimum Gasteiger partial charge on any atom is -0.368 e. The SMILES string of the molecule is CC1CCC2(CCCC3[C@H]1CC=C1CC4(CC[C@@]13C)OCCO4)CCC(O)O2. The van der Waals surface area contributed by atoms with Crippen molar-refractivity contribution in [2.45, 2.75) is 102 Å². The first-order chi connectivity index (χ1) is 13.4. The molecule has 0 bridgehead atoms. The molecule has 4 fully saturated rings. The lowest BCUT2D eigenvalue weighted by atomic mass is 9.53. The van der Waals surface area contributed by atoms with E-state index in [4.69, 9.17) is 14.2 Å². The van der Waals surface area contributed by atoms with E-state index in [9.17, 15) is 5.11 Å². The minimum absolute atomic E-state index is 0.0551. The summed E-state index contributed by atoms with van der Waals surface area (Å²) in [6.07, 6.45) is 14.3. The second-order valence-electron chi connectivity index (χ2n) is 10.6. The first-order valence-corrected chi connectivity index (χ1v) is 11.8. The van der Waals surface area contributed by atoms with Crippen molar-refractivity contribution in [3.05, 3.63) is 11.6 Å². The summed E-state index contributed by atoms with van der Waals surface area (Å²) in [7, 11) is 0. The van der Waals surface area contributed by atoms with E-state index >= 15 is 0 Å². The minimum atomic E-state index is -0.537. The molecule has 0 aromatic carbocycles. The Kier molecular flexibility index (Phi) is 4.94. The zero-order valence-corrected chi connectivity index (χ0v) is 17.8. The standard InChI is InChI=1S/C24H38O4/c1-17-7-10-23(11-8-21(25)28-23)9-3-4-20-19(17)6-5-18-16-24(26-14-15-27-24)13-12-22(18,20)2/h5,17,19-21,25H,3-4,6-16H2,1-2H3/t17?,19-,20?,21?,22-,23?/m0/s1. The van der Waals surface area contributed by atoms with Gasteiger partial charge in [-0.25, -0.2) is 0 Å². The molecule has 4 nitrogen and oxygen atoms in total. The van der Waals surface area contributed by atoms with Crippen molar-refractivity contribution in [2.24, 2.45) is 23.2 Å². The van der Waals surface area contributed by atoms with Crippen molar-refractivity contribution in [3.63, 3.8) is 0 Å². The summed E-state index contributed by atoms with van der Waals surface area (Å²) in [6.45, 7) is 6.51. The number of hydrogen-bond donors (Lipinski definition) is 1. The Labute approximate surface area is 170 Å². The number of allylic oxidation sites excluding steroid dienone is 1. The lowest BCUT2D eigenvalue weighted by Gasteiger charge is -2.53. The van der Waals surface area contributed by atoms with Crippen molar-refractivity contribution in [3.8, 4) is 0 Å². The molecule has 3 aliphatic carbocycles. The molecule has 5 rings (SSSR count). The fourth-order valence-electron chi connectivity index (χ4n) is 7.37. The van der Waals surface area contributed by atoms with Crippen molar-refractivity contribution in [1.29, 1.82) is 0 Å². The smallest absolute Gasteiger partial charge is 0.172 e. The van der Waals surface area contributed by atoms with Crippen molar-refractivity contribution in [2.75, 3.05) is 13.2 Å². The predicted octanol–water partition coefficient (Wildman–Crippen LogP) is 4.95. The fraction of sp³-hybridized carbons (Fsp3) is 0.917. The highest BCUT2D eigenvalue weighted by atomic mass is 16.7. The molecule has 0 radical (unpaired) electrons. The van der Waals surface area contributed by atoms with Gasteiger partial charge in [-0.1, -0.05) is 31.9 Å². The number of ether oxygens (including phenoxy) is 3. The highest BCUT2D eigenvalue weighted by molar-refractivity contribution is 5.25. The van der Waals surface area contributed by atoms with Crippen LogP contribution in [0.25, 0.3) is 0 Å². The monoisotopic (exact) mass is 390 g/mol. The average molecular weight is 391 g/mol. The molecule has 5 aliphatic rings. The molecule has 6 atom stereocenters. The van der Waals surface area contributed by atoms with Gasteiger partial charge < -0.3 is 19.3 Å². The highest BCUT2D eigenvalue weighted by Crippen LogP contribution is 2.59. The van der Waals surface area contributed by atoms with Crippen LogP contribution in [0.5, 0.6) is 0 Å². The zero-order chi connectivity index (χ0) is 19.4. The van der Waals surface area contributed by atoms with Crippen LogP contribution in [-0.2, 0) is 14.2 Å². The molecule has 0 aromatic heterocycles. The van der Waals surface area contributed by atoms with Crippen LogP contribution in [0.15, 0.2) is 11.6 Å². The van der Waals surface area contributed by atoms with Crippen LogP contribution in [0.2, 0.25) is 0 Å². The summed E-state index contributed by atoms with van der Waals surface area (Å²) < 4.78 is 18.2. The third kappa shape index (κ3) is 3.19. The molecule has 1 N–H and O–H groups in total. The van der Waals surface area contributed by atoms with Crippen molar-refractivity contribution >= 4 is 0 Å². The number of hydrogen-bond acceptors (Lipinski definition) is 4. The second kappa shape index (κ2) is 7.08. The van der Waals surface area contributed by atoms with Gasteiger partial charge in [0.2, 0.25) is 0 Å². The molecule has 2 heterocycles. The first kappa shape index (κ1) is 19.5. The zero-order valence-electron chi connectivity index (χ0n) is 17.8. The third-order valence-corrected chi connectivity index (χ3v) is 9.17. The number of fused-ring (bicyclic) bond motifs is 3. The topological polar surface area (TPSA) is 47.9 Å². The molecule has 2 saturated carbocycles. The van der Waals surface area contributed by atoms with Crippen molar-refractivity contribution in [1.82, 2.24) is 0 Å². The maximum atomic E-state index is 9.99. The Morgan fingerprint density at radius 3 is 2.54 bits per heavy atom. The van der Waals surface area contributed by atoms with Crippen LogP contribution < -0.4 is 0 Å². The van der Waals surface area contributed by atoms with Crippen LogP contribution in [0.1, 0.15) is 84.5 Å². The summed E-state index contributed by atoms with van der Waals surface area (Å²) in [5, 5.41) is 9.99. The Morgan fingerprint density at radius 1 is 1.00 bits per heavy atom. The van der Waals surface area contributed by atoms with Gasteiger partial charge in [-0.05, 0) is 68.1 Å². The molecule has 2 spiro atoms. The second-order valence-corrected chi connectivity index (χ2v) is 10.6. The van der Waals surface area contributed by atoms with Gasteiger partial charge in [-0.2, -0.15) is 0 Å². The Morgan fingerprint density at radius 2 is 1.79 bits per heavy atom. The van der Waals surface area contributed by atoms with E-state index in [1.165, 1.54) is 32.1 Å². The van der Waals surface area contributed by atoms with E-state index in [-0.39, 0.29) is 11.4 Å². The van der Waals surface area contributed by atoms with E-state index < -0.39 is 6.29 Å². The predicted molar refractivity (Wildman–Crippen MR) is 108 cm³/mol. The van der Waals surface area contributed by atoms with Gasteiger partial charge >= 0.3 is 0 Å².